The molecule has 0 aromatic heterocycles. The van der Waals surface area contributed by atoms with Crippen molar-refractivity contribution < 1.29 is 5.11 Å². The van der Waals surface area contributed by atoms with Gasteiger partial charge in [-0.2, -0.15) is 0 Å². The Balaban J connectivity index is 1.96. The molecule has 0 spiro atoms. The molecule has 0 aromatic rings. The Morgan fingerprint density at radius 3 is 2.50 bits per heavy atom. The van der Waals surface area contributed by atoms with Gasteiger partial charge in [0.2, 0.25) is 0 Å². The Morgan fingerprint density at radius 1 is 1.40 bits per heavy atom. The van der Waals surface area contributed by atoms with Crippen LogP contribution in [0.5, 0.6) is 0 Å². The first kappa shape index (κ1) is 5.00. The fourth-order valence-electron chi connectivity index (χ4n) is 4.06. The molecule has 0 heterocycles. The van der Waals surface area contributed by atoms with E-state index in [1.54, 1.807) is 0 Å². The molecular formula is C8H9ClO. The van der Waals surface area contributed by atoms with Crippen molar-refractivity contribution in [2.24, 2.45) is 29.6 Å². The van der Waals surface area contributed by atoms with Crippen LogP contribution in [0.3, 0.4) is 0 Å². The van der Waals surface area contributed by atoms with Crippen molar-refractivity contribution in [3.8, 4) is 0 Å². The van der Waals surface area contributed by atoms with Crippen LogP contribution in [0.15, 0.2) is 0 Å². The first-order valence-corrected chi connectivity index (χ1v) is 4.51. The van der Waals surface area contributed by atoms with Gasteiger partial charge in [0.15, 0.2) is 0 Å². The predicted octanol–water partition coefficient (Wildman–Crippen LogP) is 0.850. The van der Waals surface area contributed by atoms with E-state index < -0.39 is 0 Å². The zero-order valence-corrected chi connectivity index (χ0v) is 6.25. The molecule has 0 aromatic carbocycles. The van der Waals surface area contributed by atoms with E-state index in [4.69, 9.17) is 11.6 Å². The largest absolute Gasteiger partial charge is 0.391 e. The summed E-state index contributed by atoms with van der Waals surface area (Å²) in [6.45, 7) is 0. The molecule has 4 aliphatic rings. The lowest BCUT2D eigenvalue weighted by atomic mass is 9.97. The molecule has 0 bridgehead atoms. The number of rotatable bonds is 0. The van der Waals surface area contributed by atoms with E-state index in [2.05, 4.69) is 0 Å². The lowest BCUT2D eigenvalue weighted by Gasteiger charge is -2.20. The monoisotopic (exact) mass is 156 g/mol. The number of fused-ring (bicyclic) bond motifs is 2. The minimum Gasteiger partial charge on any atom is -0.391 e. The zero-order chi connectivity index (χ0) is 6.67. The highest BCUT2D eigenvalue weighted by Crippen LogP contribution is 2.87. The second kappa shape index (κ2) is 0.987. The molecule has 0 aliphatic heterocycles. The summed E-state index contributed by atoms with van der Waals surface area (Å²) in [4.78, 5) is -0.107. The molecular weight excluding hydrogens is 148 g/mol. The van der Waals surface area contributed by atoms with Crippen molar-refractivity contribution >= 4 is 11.6 Å². The molecule has 4 aliphatic carbocycles. The van der Waals surface area contributed by atoms with Crippen LogP contribution in [0.1, 0.15) is 6.42 Å². The van der Waals surface area contributed by atoms with Crippen molar-refractivity contribution in [3.63, 3.8) is 0 Å². The summed E-state index contributed by atoms with van der Waals surface area (Å²) in [6, 6.07) is 0. The molecule has 0 radical (unpaired) electrons. The molecule has 1 nitrogen and oxygen atoms in total. The quantitative estimate of drug-likeness (QED) is 0.516. The van der Waals surface area contributed by atoms with E-state index in [-0.39, 0.29) is 11.0 Å². The number of hydrogen-bond donors (Lipinski definition) is 1. The summed E-state index contributed by atoms with van der Waals surface area (Å²) < 4.78 is 0. The van der Waals surface area contributed by atoms with Crippen molar-refractivity contribution in [3.05, 3.63) is 0 Å². The van der Waals surface area contributed by atoms with E-state index in [1.165, 1.54) is 6.42 Å². The molecule has 4 rings (SSSR count). The first-order chi connectivity index (χ1) is 4.76. The number of halogens is 1. The summed E-state index contributed by atoms with van der Waals surface area (Å²) in [5, 5.41) is 9.68. The van der Waals surface area contributed by atoms with Crippen LogP contribution in [0.25, 0.3) is 0 Å². The number of alkyl halides is 1. The maximum Gasteiger partial charge on any atom is 0.0773 e. The maximum atomic E-state index is 9.68. The Labute approximate surface area is 64.4 Å². The van der Waals surface area contributed by atoms with E-state index >= 15 is 0 Å². The normalized spacial score (nSPS) is 87.0. The van der Waals surface area contributed by atoms with E-state index in [1.807, 2.05) is 0 Å². The zero-order valence-electron chi connectivity index (χ0n) is 5.50. The Kier molecular flexibility index (Phi) is 0.493. The van der Waals surface area contributed by atoms with Gasteiger partial charge in [-0.3, -0.25) is 0 Å². The molecule has 10 heavy (non-hydrogen) atoms. The summed E-state index contributed by atoms with van der Waals surface area (Å²) in [5.41, 5.74) is 0. The topological polar surface area (TPSA) is 20.2 Å². The number of aliphatic hydroxyl groups is 1. The molecule has 4 fully saturated rings. The third-order valence-corrected chi connectivity index (χ3v) is 5.21. The van der Waals surface area contributed by atoms with Crippen LogP contribution >= 0.6 is 11.6 Å². The van der Waals surface area contributed by atoms with Crippen molar-refractivity contribution in [2.75, 3.05) is 0 Å². The number of hydrogen-bond acceptors (Lipinski definition) is 1. The fourth-order valence-corrected chi connectivity index (χ4v) is 4.67. The Hall–Kier alpha value is 0.250. The van der Waals surface area contributed by atoms with Gasteiger partial charge in [-0.1, -0.05) is 0 Å². The molecule has 0 saturated heterocycles. The van der Waals surface area contributed by atoms with Crippen molar-refractivity contribution in [1.82, 2.24) is 0 Å². The Bertz CT molecular complexity index is 225. The van der Waals surface area contributed by atoms with E-state index in [0.29, 0.717) is 11.8 Å². The molecule has 1 N–H and O–H groups in total. The van der Waals surface area contributed by atoms with Gasteiger partial charge in [-0.05, 0) is 36.0 Å². The SMILES string of the molecule is O[C@H]1C2C3CC4C(C32)[C@@]41Cl. The minimum atomic E-state index is -0.132. The average molecular weight is 157 g/mol. The third-order valence-electron chi connectivity index (χ3n) is 4.45. The summed E-state index contributed by atoms with van der Waals surface area (Å²) in [7, 11) is 0. The maximum absolute atomic E-state index is 9.68. The number of aliphatic hydroxyl groups excluding tert-OH is 1. The lowest BCUT2D eigenvalue weighted by molar-refractivity contribution is 0.116. The van der Waals surface area contributed by atoms with Gasteiger partial charge >= 0.3 is 0 Å². The van der Waals surface area contributed by atoms with Crippen LogP contribution in [-0.2, 0) is 0 Å². The predicted molar refractivity (Wildman–Crippen MR) is 36.7 cm³/mol. The van der Waals surface area contributed by atoms with Crippen LogP contribution in [0.2, 0.25) is 0 Å². The highest BCUT2D eigenvalue weighted by Gasteiger charge is 2.90. The van der Waals surface area contributed by atoms with Gasteiger partial charge in [0, 0.05) is 0 Å². The van der Waals surface area contributed by atoms with Gasteiger partial charge in [-0.25, -0.2) is 0 Å². The second-order valence-electron chi connectivity index (χ2n) is 4.46. The molecule has 0 amide bonds. The second-order valence-corrected chi connectivity index (χ2v) is 5.11. The van der Waals surface area contributed by atoms with Gasteiger partial charge in [0.1, 0.15) is 0 Å². The summed E-state index contributed by atoms with van der Waals surface area (Å²) in [5.74, 6) is 3.83. The molecule has 4 saturated carbocycles. The van der Waals surface area contributed by atoms with Crippen molar-refractivity contribution in [2.45, 2.75) is 17.4 Å². The van der Waals surface area contributed by atoms with Crippen LogP contribution in [-0.4, -0.2) is 16.1 Å². The molecule has 54 valence electrons. The van der Waals surface area contributed by atoms with Gasteiger partial charge in [0.05, 0.1) is 11.0 Å². The van der Waals surface area contributed by atoms with Crippen LogP contribution in [0.4, 0.5) is 0 Å². The van der Waals surface area contributed by atoms with E-state index in [9.17, 15) is 5.11 Å². The highest BCUT2D eigenvalue weighted by molar-refractivity contribution is 6.28. The fraction of sp³-hybridized carbons (Fsp3) is 1.00. The van der Waals surface area contributed by atoms with Gasteiger partial charge < -0.3 is 5.11 Å². The minimum absolute atomic E-state index is 0.107. The first-order valence-electron chi connectivity index (χ1n) is 4.13. The summed E-state index contributed by atoms with van der Waals surface area (Å²) in [6.07, 6.45) is 1.20. The van der Waals surface area contributed by atoms with Crippen LogP contribution in [0, 0.1) is 29.6 Å². The molecule has 5 unspecified atom stereocenters. The van der Waals surface area contributed by atoms with Gasteiger partial charge in [0.25, 0.3) is 0 Å². The average Bonchev–Trinajstić information content (AvgIpc) is 2.65. The highest BCUT2D eigenvalue weighted by atomic mass is 35.5. The Morgan fingerprint density at radius 2 is 2.20 bits per heavy atom. The molecule has 2 heteroatoms. The smallest absolute Gasteiger partial charge is 0.0773 e. The van der Waals surface area contributed by atoms with Gasteiger partial charge in [-0.15, -0.1) is 11.6 Å². The standard InChI is InChI=1S/C8H9ClO/c9-8-3-1-2-4(6(3)8)5(2)7(8)10/h2-7,10H,1H2/t2?,3?,4?,5?,6?,7-,8-/m0/s1. The van der Waals surface area contributed by atoms with Crippen LogP contribution < -0.4 is 0 Å². The molecule has 7 atom stereocenters. The van der Waals surface area contributed by atoms with Crippen molar-refractivity contribution in [1.29, 1.82) is 0 Å². The van der Waals surface area contributed by atoms with E-state index in [0.717, 1.165) is 17.8 Å². The lowest BCUT2D eigenvalue weighted by Crippen LogP contribution is -2.30. The summed E-state index contributed by atoms with van der Waals surface area (Å²) >= 11 is 6.26. The third kappa shape index (κ3) is 0.243.